The molecule has 10 atom stereocenters. The number of carboxylic acids is 1. The number of nitrogens with one attached hydrogen (secondary N) is 1. The van der Waals surface area contributed by atoms with Crippen LogP contribution in [-0.4, -0.2) is 53.1 Å². The number of aliphatic hydroxyl groups is 1. The van der Waals surface area contributed by atoms with Crippen molar-refractivity contribution < 1.29 is 34.1 Å². The Bertz CT molecular complexity index is 1150. The fraction of sp³-hybridized carbons (Fsp3) is 0.886. The lowest BCUT2D eigenvalue weighted by Crippen LogP contribution is -2.67. The van der Waals surface area contributed by atoms with Gasteiger partial charge in [0.2, 0.25) is 5.91 Å². The number of carbonyl (C=O) groups is 4. The molecule has 5 aliphatic carbocycles. The van der Waals surface area contributed by atoms with Crippen molar-refractivity contribution in [3.8, 4) is 0 Å². The van der Waals surface area contributed by atoms with E-state index in [9.17, 15) is 29.4 Å². The zero-order valence-corrected chi connectivity index (χ0v) is 27.3. The summed E-state index contributed by atoms with van der Waals surface area (Å²) in [5.41, 5.74) is -0.854. The number of hydrogen-bond acceptors (Lipinski definition) is 6. The molecule has 0 aromatic carbocycles. The average molecular weight is 602 g/mol. The molecule has 5 fully saturated rings. The van der Waals surface area contributed by atoms with Gasteiger partial charge in [0.15, 0.2) is 5.78 Å². The lowest BCUT2D eigenvalue weighted by Gasteiger charge is -2.72. The molecule has 0 aromatic rings. The Morgan fingerprint density at radius 2 is 1.56 bits per heavy atom. The summed E-state index contributed by atoms with van der Waals surface area (Å²) < 4.78 is 6.10. The molecule has 0 radical (unpaired) electrons. The fourth-order valence-corrected chi connectivity index (χ4v) is 12.4. The molecule has 3 N–H and O–H groups in total. The number of ketones is 1. The third-order valence-corrected chi connectivity index (χ3v) is 14.5. The predicted molar refractivity (Wildman–Crippen MR) is 162 cm³/mol. The van der Waals surface area contributed by atoms with Crippen LogP contribution in [0.5, 0.6) is 0 Å². The van der Waals surface area contributed by atoms with Crippen LogP contribution in [-0.2, 0) is 23.9 Å². The van der Waals surface area contributed by atoms with Gasteiger partial charge >= 0.3 is 11.9 Å². The molecule has 8 nitrogen and oxygen atoms in total. The highest BCUT2D eigenvalue weighted by Gasteiger charge is 2.72. The minimum absolute atomic E-state index is 0.0159. The molecule has 242 valence electrons. The van der Waals surface area contributed by atoms with Crippen molar-refractivity contribution in [3.63, 3.8) is 0 Å². The van der Waals surface area contributed by atoms with Crippen LogP contribution in [0.2, 0.25) is 0 Å². The SMILES string of the molecule is CCCC(=O)O[C@@H]1CC[C@]2(C)[C@H]3CC[C@@H]4[C@H]5[C@H](C(=O)CO)CC[C@]5(C(=O)NCC(=O)O)CC[C@@]4(C)[C@]3(C)CC[C@H]2C1(C)C. The summed E-state index contributed by atoms with van der Waals surface area (Å²) >= 11 is 0. The van der Waals surface area contributed by atoms with Gasteiger partial charge in [-0.2, -0.15) is 0 Å². The number of aliphatic carboxylic acids is 1. The van der Waals surface area contributed by atoms with Crippen LogP contribution in [0, 0.1) is 56.7 Å². The smallest absolute Gasteiger partial charge is 0.322 e. The number of hydrogen-bond donors (Lipinski definition) is 3. The normalized spacial score (nSPS) is 44.6. The number of ether oxygens (including phenoxy) is 1. The van der Waals surface area contributed by atoms with E-state index in [-0.39, 0.29) is 63.2 Å². The molecule has 43 heavy (non-hydrogen) atoms. The Balaban J connectivity index is 1.47. The number of Topliss-reactive ketones (excluding diaryl/α,β-unsaturated/α-hetero) is 1. The van der Waals surface area contributed by atoms with E-state index in [2.05, 4.69) is 39.9 Å². The molecule has 8 heteroatoms. The molecule has 0 spiro atoms. The maximum Gasteiger partial charge on any atom is 0.322 e. The van der Waals surface area contributed by atoms with Gasteiger partial charge in [0.25, 0.3) is 0 Å². The summed E-state index contributed by atoms with van der Waals surface area (Å²) in [6, 6.07) is 0. The first-order valence-electron chi connectivity index (χ1n) is 17.0. The second kappa shape index (κ2) is 11.1. The van der Waals surface area contributed by atoms with Crippen LogP contribution in [0.1, 0.15) is 119 Å². The van der Waals surface area contributed by atoms with Gasteiger partial charge in [0.1, 0.15) is 19.3 Å². The van der Waals surface area contributed by atoms with Crippen molar-refractivity contribution >= 4 is 23.6 Å². The van der Waals surface area contributed by atoms with Gasteiger partial charge in [-0.15, -0.1) is 0 Å². The van der Waals surface area contributed by atoms with E-state index >= 15 is 0 Å². The van der Waals surface area contributed by atoms with E-state index < -0.39 is 24.5 Å². The molecule has 5 aliphatic rings. The number of rotatable bonds is 8. The molecule has 5 saturated carbocycles. The van der Waals surface area contributed by atoms with Crippen LogP contribution >= 0.6 is 0 Å². The van der Waals surface area contributed by atoms with E-state index in [4.69, 9.17) is 4.74 Å². The topological polar surface area (TPSA) is 130 Å². The zero-order valence-electron chi connectivity index (χ0n) is 27.3. The largest absolute Gasteiger partial charge is 0.480 e. The third kappa shape index (κ3) is 4.70. The second-order valence-electron chi connectivity index (χ2n) is 16.3. The molecule has 1 amide bonds. The average Bonchev–Trinajstić information content (AvgIpc) is 3.34. The Hall–Kier alpha value is -1.96. The minimum Gasteiger partial charge on any atom is -0.480 e. The van der Waals surface area contributed by atoms with Gasteiger partial charge in [-0.3, -0.25) is 19.2 Å². The van der Waals surface area contributed by atoms with E-state index in [0.29, 0.717) is 37.5 Å². The molecular formula is C35H55NO7. The number of amides is 1. The van der Waals surface area contributed by atoms with Crippen LogP contribution in [0.4, 0.5) is 0 Å². The molecule has 0 aliphatic heterocycles. The third-order valence-electron chi connectivity index (χ3n) is 14.5. The van der Waals surface area contributed by atoms with Gasteiger partial charge in [-0.05, 0) is 111 Å². The zero-order chi connectivity index (χ0) is 31.6. The van der Waals surface area contributed by atoms with Gasteiger partial charge < -0.3 is 20.3 Å². The van der Waals surface area contributed by atoms with Crippen molar-refractivity contribution in [2.45, 2.75) is 125 Å². The minimum atomic E-state index is -1.07. The lowest BCUT2D eigenvalue weighted by molar-refractivity contribution is -0.249. The molecule has 0 unspecified atom stereocenters. The first kappa shape index (κ1) is 32.4. The van der Waals surface area contributed by atoms with Crippen molar-refractivity contribution in [2.75, 3.05) is 13.2 Å². The number of carbonyl (C=O) groups excluding carboxylic acids is 3. The highest BCUT2D eigenvalue weighted by molar-refractivity contribution is 5.89. The van der Waals surface area contributed by atoms with Crippen LogP contribution in [0.3, 0.4) is 0 Å². The Labute approximate surface area is 257 Å². The highest BCUT2D eigenvalue weighted by Crippen LogP contribution is 2.77. The second-order valence-corrected chi connectivity index (χ2v) is 16.3. The maximum atomic E-state index is 13.8. The number of fused-ring (bicyclic) bond motifs is 7. The van der Waals surface area contributed by atoms with Crippen LogP contribution in [0.25, 0.3) is 0 Å². The van der Waals surface area contributed by atoms with E-state index in [1.165, 1.54) is 0 Å². The standard InChI is InChI=1S/C35H55NO7/c1-7-8-28(41)43-26-13-14-32(4)24(31(26,2)3)12-15-34(6)25(32)10-9-22-29-21(23(38)20-37)11-16-35(29,18-17-33(22,34)5)30(42)36-19-27(39)40/h21-22,24-26,29,37H,7-20H2,1-6H3,(H,36,42)(H,39,40)/t21-,22+,24-,25+,26+,29+,32-,33+,34+,35-/m0/s1. The van der Waals surface area contributed by atoms with Gasteiger partial charge in [-0.25, -0.2) is 0 Å². The summed E-state index contributed by atoms with van der Waals surface area (Å²) in [6.07, 6.45) is 9.86. The Kier molecular flexibility index (Phi) is 8.40. The van der Waals surface area contributed by atoms with Crippen molar-refractivity contribution in [3.05, 3.63) is 0 Å². The molecule has 0 bridgehead atoms. The van der Waals surface area contributed by atoms with E-state index in [1.54, 1.807) is 0 Å². The summed E-state index contributed by atoms with van der Waals surface area (Å²) in [4.78, 5) is 50.8. The quantitative estimate of drug-likeness (QED) is 0.311. The fourth-order valence-electron chi connectivity index (χ4n) is 12.4. The highest BCUT2D eigenvalue weighted by atomic mass is 16.5. The molecule has 0 aromatic heterocycles. The van der Waals surface area contributed by atoms with Crippen molar-refractivity contribution in [1.82, 2.24) is 5.32 Å². The Morgan fingerprint density at radius 3 is 2.21 bits per heavy atom. The molecule has 0 heterocycles. The van der Waals surface area contributed by atoms with Crippen LogP contribution in [0.15, 0.2) is 0 Å². The van der Waals surface area contributed by atoms with Crippen molar-refractivity contribution in [1.29, 1.82) is 0 Å². The van der Waals surface area contributed by atoms with Gasteiger partial charge in [0, 0.05) is 17.8 Å². The van der Waals surface area contributed by atoms with Crippen LogP contribution < -0.4 is 5.32 Å². The lowest BCUT2D eigenvalue weighted by atomic mass is 9.32. The van der Waals surface area contributed by atoms with E-state index in [1.807, 2.05) is 6.92 Å². The van der Waals surface area contributed by atoms with Gasteiger partial charge in [0.05, 0.1) is 5.41 Å². The summed E-state index contributed by atoms with van der Waals surface area (Å²) in [7, 11) is 0. The monoisotopic (exact) mass is 601 g/mol. The number of aliphatic hydroxyl groups excluding tert-OH is 1. The summed E-state index contributed by atoms with van der Waals surface area (Å²) in [6.45, 7) is 13.1. The molecule has 5 rings (SSSR count). The first-order chi connectivity index (χ1) is 20.1. The summed E-state index contributed by atoms with van der Waals surface area (Å²) in [5, 5.41) is 21.9. The van der Waals surface area contributed by atoms with Crippen molar-refractivity contribution in [2.24, 2.45) is 56.7 Å². The van der Waals surface area contributed by atoms with Gasteiger partial charge in [-0.1, -0.05) is 41.5 Å². The van der Waals surface area contributed by atoms with E-state index in [0.717, 1.165) is 51.4 Å². The first-order valence-corrected chi connectivity index (χ1v) is 17.0. The number of carboxylic acid groups (broad SMARTS) is 1. The Morgan fingerprint density at radius 1 is 0.837 bits per heavy atom. The maximum absolute atomic E-state index is 13.8. The summed E-state index contributed by atoms with van der Waals surface area (Å²) in [5.74, 6) is -1.05. The predicted octanol–water partition coefficient (Wildman–Crippen LogP) is 5.54. The molecular weight excluding hydrogens is 546 g/mol. The number of esters is 1. The molecule has 0 saturated heterocycles.